The maximum atomic E-state index is 15.1. The van der Waals surface area contributed by atoms with Gasteiger partial charge in [0, 0.05) is 30.7 Å². The Hall–Kier alpha value is -4.38. The van der Waals surface area contributed by atoms with Crippen LogP contribution < -0.4 is 10.6 Å². The number of carbonyl (C=O) groups excluding carboxylic acids is 1. The Kier molecular flexibility index (Phi) is 9.16. The predicted molar refractivity (Wildman–Crippen MR) is 184 cm³/mol. The van der Waals surface area contributed by atoms with E-state index in [0.29, 0.717) is 52.8 Å². The second kappa shape index (κ2) is 12.7. The fourth-order valence-corrected chi connectivity index (χ4v) is 6.08. The van der Waals surface area contributed by atoms with Gasteiger partial charge in [-0.15, -0.1) is 0 Å². The number of nitrogens with zero attached hydrogens (tertiary/aromatic N) is 7. The molecule has 1 aromatic carbocycles. The molecule has 10 nitrogen and oxygen atoms in total. The van der Waals surface area contributed by atoms with Crippen molar-refractivity contribution in [3.8, 4) is 16.9 Å². The molecule has 5 rings (SSSR count). The van der Waals surface area contributed by atoms with E-state index in [1.807, 2.05) is 60.3 Å². The van der Waals surface area contributed by atoms with Gasteiger partial charge in [0.25, 0.3) is 0 Å². The molecule has 248 valence electrons. The number of fused-ring (bicyclic) bond motifs is 1. The van der Waals surface area contributed by atoms with Crippen LogP contribution in [-0.2, 0) is 4.74 Å². The van der Waals surface area contributed by atoms with Crippen LogP contribution in [0.1, 0.15) is 78.5 Å². The summed E-state index contributed by atoms with van der Waals surface area (Å²) in [5.74, 6) is 0.234. The number of hydrogen-bond donors (Lipinski definition) is 0. The molecule has 0 unspecified atom stereocenters. The fourth-order valence-electron chi connectivity index (χ4n) is 5.82. The summed E-state index contributed by atoms with van der Waals surface area (Å²) in [5, 5.41) is 0.677. The third kappa shape index (κ3) is 6.58. The Labute approximate surface area is 279 Å². The van der Waals surface area contributed by atoms with Gasteiger partial charge in [-0.05, 0) is 78.2 Å². The summed E-state index contributed by atoms with van der Waals surface area (Å²) >= 11 is 6.85. The first kappa shape index (κ1) is 34.0. The molecule has 47 heavy (non-hydrogen) atoms. The lowest BCUT2D eigenvalue weighted by atomic mass is 10.1. The van der Waals surface area contributed by atoms with E-state index in [0.717, 1.165) is 0 Å². The zero-order valence-electron chi connectivity index (χ0n) is 28.4. The van der Waals surface area contributed by atoms with Crippen LogP contribution >= 0.6 is 11.6 Å². The van der Waals surface area contributed by atoms with Gasteiger partial charge in [0.15, 0.2) is 11.5 Å². The van der Waals surface area contributed by atoms with Crippen molar-refractivity contribution in [1.82, 2.24) is 29.4 Å². The van der Waals surface area contributed by atoms with E-state index in [9.17, 15) is 9.59 Å². The van der Waals surface area contributed by atoms with E-state index < -0.39 is 23.2 Å². The van der Waals surface area contributed by atoms with Crippen LogP contribution in [-0.4, -0.2) is 66.3 Å². The predicted octanol–water partition coefficient (Wildman–Crippen LogP) is 7.33. The highest BCUT2D eigenvalue weighted by Crippen LogP contribution is 2.37. The minimum Gasteiger partial charge on any atom is -0.444 e. The van der Waals surface area contributed by atoms with Crippen molar-refractivity contribution in [2.45, 2.75) is 85.9 Å². The molecule has 0 radical (unpaired) electrons. The number of piperazine rings is 1. The number of allylic oxidation sites excluding steroid dienone is 1. The maximum Gasteiger partial charge on any atom is 0.410 e. The molecule has 0 spiro atoms. The lowest BCUT2D eigenvalue weighted by Crippen LogP contribution is -2.59. The Balaban J connectivity index is 1.77. The van der Waals surface area contributed by atoms with Crippen LogP contribution in [0.2, 0.25) is 5.02 Å². The minimum atomic E-state index is -0.642. The molecule has 4 heterocycles. The van der Waals surface area contributed by atoms with E-state index in [1.165, 1.54) is 10.6 Å². The third-order valence-electron chi connectivity index (χ3n) is 8.05. The van der Waals surface area contributed by atoms with E-state index in [-0.39, 0.29) is 39.9 Å². The first-order valence-corrected chi connectivity index (χ1v) is 16.1. The highest BCUT2D eigenvalue weighted by Gasteiger charge is 2.36. The van der Waals surface area contributed by atoms with Crippen molar-refractivity contribution in [1.29, 1.82) is 0 Å². The smallest absolute Gasteiger partial charge is 0.410 e. The molecule has 4 aromatic rings. The van der Waals surface area contributed by atoms with Gasteiger partial charge in [0.1, 0.15) is 17.2 Å². The number of aryl methyl sites for hydroxylation is 1. The first-order chi connectivity index (χ1) is 22.0. The van der Waals surface area contributed by atoms with Crippen molar-refractivity contribution in [2.75, 3.05) is 18.0 Å². The average Bonchev–Trinajstić information content (AvgIpc) is 2.97. The summed E-state index contributed by atoms with van der Waals surface area (Å²) < 4.78 is 22.2. The van der Waals surface area contributed by atoms with Crippen molar-refractivity contribution in [3.63, 3.8) is 0 Å². The largest absolute Gasteiger partial charge is 0.444 e. The Morgan fingerprint density at radius 2 is 1.77 bits per heavy atom. The molecule has 0 aliphatic carbocycles. The van der Waals surface area contributed by atoms with Gasteiger partial charge < -0.3 is 14.5 Å². The summed E-state index contributed by atoms with van der Waals surface area (Å²) in [6, 6.07) is 7.37. The van der Waals surface area contributed by atoms with Crippen molar-refractivity contribution >= 4 is 40.1 Å². The minimum absolute atomic E-state index is 0.105. The topological polar surface area (TPSA) is 106 Å². The van der Waals surface area contributed by atoms with Crippen molar-refractivity contribution < 1.29 is 13.9 Å². The molecule has 1 aliphatic heterocycles. The highest BCUT2D eigenvalue weighted by atomic mass is 35.5. The van der Waals surface area contributed by atoms with Gasteiger partial charge in [-0.2, -0.15) is 4.98 Å². The standard InChI is InChI=1S/C35H41ClFN7O3/c1-18(2)27-29(22(7)38-30(39-27)19(3)4)44-32-24(15-25(36)28(40-32)23-13-11-12-14-26(23)37)31(41-33(44)45)42-16-21(6)43(17-20(42)5)34(46)47-35(8,9)10/h11-15,18,20-21H,3,16-17H2,1-2,4-10H3/t20-,21+/m0/s1. The SMILES string of the molecule is C=C(C)c1nc(C)c(-n2c(=O)nc(N3C[C@@H](C)N(C(=O)OC(C)(C)C)C[C@@H]3C)c3cc(Cl)c(-c4ccccc4F)nc32)c(C(C)C)n1. The second-order valence-electron chi connectivity index (χ2n) is 13.5. The molecule has 0 bridgehead atoms. The molecule has 1 aliphatic rings. The fraction of sp³-hybridized carbons (Fsp3) is 0.429. The van der Waals surface area contributed by atoms with Crippen LogP contribution in [0.4, 0.5) is 15.0 Å². The monoisotopic (exact) mass is 661 g/mol. The maximum absolute atomic E-state index is 15.1. The zero-order valence-corrected chi connectivity index (χ0v) is 29.1. The molecule has 0 N–H and O–H groups in total. The Morgan fingerprint density at radius 3 is 2.38 bits per heavy atom. The molecule has 2 atom stereocenters. The summed E-state index contributed by atoms with van der Waals surface area (Å²) in [6.45, 7) is 21.7. The summed E-state index contributed by atoms with van der Waals surface area (Å²) in [5.41, 5.74) is 1.65. The van der Waals surface area contributed by atoms with Gasteiger partial charge in [-0.3, -0.25) is 0 Å². The van der Waals surface area contributed by atoms with E-state index >= 15 is 4.39 Å². The van der Waals surface area contributed by atoms with Crippen LogP contribution in [0.25, 0.3) is 33.6 Å². The number of rotatable bonds is 5. The number of ether oxygens (including phenoxy) is 1. The number of pyridine rings is 1. The quantitative estimate of drug-likeness (QED) is 0.219. The van der Waals surface area contributed by atoms with Crippen LogP contribution in [0.3, 0.4) is 0 Å². The van der Waals surface area contributed by atoms with Gasteiger partial charge in [0.2, 0.25) is 0 Å². The lowest BCUT2D eigenvalue weighted by Gasteiger charge is -2.44. The van der Waals surface area contributed by atoms with E-state index in [1.54, 1.807) is 36.1 Å². The molecule has 1 amide bonds. The third-order valence-corrected chi connectivity index (χ3v) is 8.34. The van der Waals surface area contributed by atoms with Gasteiger partial charge in [0.05, 0.1) is 33.2 Å². The number of benzene rings is 1. The average molecular weight is 662 g/mol. The Bertz CT molecular complexity index is 1950. The molecule has 1 saturated heterocycles. The highest BCUT2D eigenvalue weighted by molar-refractivity contribution is 6.33. The van der Waals surface area contributed by atoms with Crippen molar-refractivity contribution in [2.24, 2.45) is 0 Å². The normalized spacial score (nSPS) is 17.0. The molecular formula is C35H41ClFN7O3. The number of hydrogen-bond acceptors (Lipinski definition) is 8. The second-order valence-corrected chi connectivity index (χ2v) is 13.9. The molecule has 0 saturated carbocycles. The van der Waals surface area contributed by atoms with Gasteiger partial charge >= 0.3 is 11.8 Å². The molecule has 12 heteroatoms. The van der Waals surface area contributed by atoms with Gasteiger partial charge in [-0.25, -0.2) is 33.5 Å². The van der Waals surface area contributed by atoms with Crippen LogP contribution in [0.5, 0.6) is 0 Å². The first-order valence-electron chi connectivity index (χ1n) is 15.7. The van der Waals surface area contributed by atoms with E-state index in [2.05, 4.69) is 16.5 Å². The number of anilines is 1. The lowest BCUT2D eigenvalue weighted by molar-refractivity contribution is 0.0130. The molecular weight excluding hydrogens is 621 g/mol. The summed E-state index contributed by atoms with van der Waals surface area (Å²) in [7, 11) is 0. The zero-order chi connectivity index (χ0) is 34.5. The van der Waals surface area contributed by atoms with E-state index in [4.69, 9.17) is 26.3 Å². The number of carbonyl (C=O) groups is 1. The van der Waals surface area contributed by atoms with Crippen molar-refractivity contribution in [3.05, 3.63) is 75.4 Å². The molecule has 3 aromatic heterocycles. The summed E-state index contributed by atoms with van der Waals surface area (Å²) in [4.78, 5) is 50.0. The number of amides is 1. The number of halogens is 2. The van der Waals surface area contributed by atoms with Crippen LogP contribution in [0, 0.1) is 12.7 Å². The number of aromatic nitrogens is 5. The molecule has 1 fully saturated rings. The van der Waals surface area contributed by atoms with Crippen LogP contribution in [0.15, 0.2) is 41.7 Å². The van der Waals surface area contributed by atoms with Gasteiger partial charge in [-0.1, -0.05) is 44.2 Å². The Morgan fingerprint density at radius 1 is 1.09 bits per heavy atom. The summed E-state index contributed by atoms with van der Waals surface area (Å²) in [6.07, 6.45) is -0.404.